The van der Waals surface area contributed by atoms with E-state index in [1.807, 2.05) is 0 Å². The molecule has 10 nitrogen and oxygen atoms in total. The van der Waals surface area contributed by atoms with E-state index in [0.29, 0.717) is 11.5 Å². The topological polar surface area (TPSA) is 119 Å². The first-order chi connectivity index (χ1) is 15.3. The molecule has 0 aliphatic carbocycles. The first-order valence-electron chi connectivity index (χ1n) is 9.70. The second-order valence-corrected chi connectivity index (χ2v) is 8.81. The number of carbonyl (C=O) groups excluding carboxylic acids is 1. The molecular weight excluding hydrogens is 438 g/mol. The highest BCUT2D eigenvalue weighted by Crippen LogP contribution is 2.28. The summed E-state index contributed by atoms with van der Waals surface area (Å²) in [6.45, 7) is 0.443. The van der Waals surface area contributed by atoms with Crippen molar-refractivity contribution in [3.8, 4) is 11.5 Å². The lowest BCUT2D eigenvalue weighted by atomic mass is 10.2. The largest absolute Gasteiger partial charge is 0.493 e. The molecule has 0 spiro atoms. The fourth-order valence-electron chi connectivity index (χ4n) is 3.34. The Balaban J connectivity index is 1.66. The summed E-state index contributed by atoms with van der Waals surface area (Å²) in [6.07, 6.45) is 3.05. The van der Waals surface area contributed by atoms with E-state index in [0.717, 1.165) is 15.9 Å². The maximum Gasteiger partial charge on any atom is 0.289 e. The normalized spacial score (nSPS) is 15.0. The average Bonchev–Trinajstić information content (AvgIpc) is 2.82. The van der Waals surface area contributed by atoms with Crippen molar-refractivity contribution in [2.75, 3.05) is 40.4 Å². The van der Waals surface area contributed by atoms with E-state index in [9.17, 15) is 23.3 Å². The van der Waals surface area contributed by atoms with Crippen LogP contribution in [-0.2, 0) is 14.8 Å². The van der Waals surface area contributed by atoms with Crippen LogP contribution < -0.4 is 9.47 Å². The third kappa shape index (κ3) is 4.89. The molecule has 3 rings (SSSR count). The minimum absolute atomic E-state index is 0.0460. The molecule has 0 atom stereocenters. The molecule has 32 heavy (non-hydrogen) atoms. The van der Waals surface area contributed by atoms with Gasteiger partial charge in [-0.1, -0.05) is 18.2 Å². The predicted octanol–water partition coefficient (Wildman–Crippen LogP) is 2.16. The minimum atomic E-state index is -4.05. The Labute approximate surface area is 185 Å². The fraction of sp³-hybridized carbons (Fsp3) is 0.286. The second-order valence-electron chi connectivity index (χ2n) is 6.90. The van der Waals surface area contributed by atoms with Crippen LogP contribution in [0.3, 0.4) is 0 Å². The van der Waals surface area contributed by atoms with Crippen LogP contribution in [0.5, 0.6) is 11.5 Å². The Morgan fingerprint density at radius 3 is 2.31 bits per heavy atom. The van der Waals surface area contributed by atoms with Crippen LogP contribution in [0.4, 0.5) is 5.69 Å². The number of hydrogen-bond donors (Lipinski definition) is 0. The molecule has 11 heteroatoms. The van der Waals surface area contributed by atoms with Gasteiger partial charge in [0, 0.05) is 38.3 Å². The van der Waals surface area contributed by atoms with E-state index in [2.05, 4.69) is 0 Å². The number of methoxy groups -OCH3 is 2. The lowest BCUT2D eigenvalue weighted by molar-refractivity contribution is -0.387. The van der Waals surface area contributed by atoms with Crippen LogP contribution in [0.1, 0.15) is 5.56 Å². The third-order valence-corrected chi connectivity index (χ3v) is 7.00. The number of amides is 1. The van der Waals surface area contributed by atoms with Crippen LogP contribution in [0.2, 0.25) is 0 Å². The zero-order valence-electron chi connectivity index (χ0n) is 17.6. The number of piperazine rings is 1. The van der Waals surface area contributed by atoms with Gasteiger partial charge in [0.05, 0.1) is 19.1 Å². The summed E-state index contributed by atoms with van der Waals surface area (Å²) in [4.78, 5) is 24.2. The van der Waals surface area contributed by atoms with Gasteiger partial charge in [0.25, 0.3) is 5.69 Å². The molecule has 170 valence electrons. The molecule has 1 heterocycles. The maximum absolute atomic E-state index is 12.9. The number of sulfonamides is 1. The summed E-state index contributed by atoms with van der Waals surface area (Å²) in [5, 5.41) is 11.2. The molecule has 0 aromatic heterocycles. The number of nitro groups is 1. The van der Waals surface area contributed by atoms with Crippen LogP contribution in [0.15, 0.2) is 53.4 Å². The van der Waals surface area contributed by atoms with Crippen molar-refractivity contribution in [2.45, 2.75) is 4.90 Å². The van der Waals surface area contributed by atoms with Gasteiger partial charge in [-0.25, -0.2) is 8.42 Å². The summed E-state index contributed by atoms with van der Waals surface area (Å²) in [5.74, 6) is 0.852. The van der Waals surface area contributed by atoms with Crippen molar-refractivity contribution in [1.82, 2.24) is 9.21 Å². The summed E-state index contributed by atoms with van der Waals surface area (Å²) >= 11 is 0. The number of ether oxygens (including phenoxy) is 2. The number of rotatable bonds is 7. The zero-order valence-corrected chi connectivity index (χ0v) is 18.4. The highest BCUT2D eigenvalue weighted by atomic mass is 32.2. The number of nitro benzene ring substituents is 1. The van der Waals surface area contributed by atoms with E-state index >= 15 is 0 Å². The van der Waals surface area contributed by atoms with Gasteiger partial charge in [-0.2, -0.15) is 4.31 Å². The molecule has 0 N–H and O–H groups in total. The van der Waals surface area contributed by atoms with E-state index in [1.54, 1.807) is 24.3 Å². The van der Waals surface area contributed by atoms with Gasteiger partial charge in [-0.15, -0.1) is 0 Å². The minimum Gasteiger partial charge on any atom is -0.493 e. The van der Waals surface area contributed by atoms with Gasteiger partial charge >= 0.3 is 0 Å². The van der Waals surface area contributed by atoms with Crippen LogP contribution in [0, 0.1) is 10.1 Å². The Kier molecular flexibility index (Phi) is 7.11. The lowest BCUT2D eigenvalue weighted by Gasteiger charge is -2.33. The Morgan fingerprint density at radius 1 is 1.03 bits per heavy atom. The predicted molar refractivity (Wildman–Crippen MR) is 117 cm³/mol. The maximum atomic E-state index is 12.9. The zero-order chi connectivity index (χ0) is 23.3. The van der Waals surface area contributed by atoms with Crippen LogP contribution >= 0.6 is 0 Å². The number of para-hydroxylation sites is 1. The summed E-state index contributed by atoms with van der Waals surface area (Å²) in [6, 6.07) is 10.5. The number of benzene rings is 2. The van der Waals surface area contributed by atoms with Gasteiger partial charge in [-0.05, 0) is 29.8 Å². The van der Waals surface area contributed by atoms with Crippen LogP contribution in [-0.4, -0.2) is 68.9 Å². The SMILES string of the molecule is COc1ccc(/C=C/C(=O)N2CCN(S(=O)(=O)c3ccccc3[N+](=O)[O-])CC2)cc1OC. The Hall–Kier alpha value is -3.44. The van der Waals surface area contributed by atoms with E-state index < -0.39 is 20.6 Å². The first-order valence-corrected chi connectivity index (χ1v) is 11.1. The van der Waals surface area contributed by atoms with Crippen molar-refractivity contribution in [3.05, 3.63) is 64.2 Å². The van der Waals surface area contributed by atoms with Crippen molar-refractivity contribution in [1.29, 1.82) is 0 Å². The molecule has 1 aliphatic heterocycles. The highest BCUT2D eigenvalue weighted by molar-refractivity contribution is 7.89. The van der Waals surface area contributed by atoms with Gasteiger partial charge in [0.1, 0.15) is 0 Å². The third-order valence-electron chi connectivity index (χ3n) is 5.06. The van der Waals surface area contributed by atoms with Gasteiger partial charge in [-0.3, -0.25) is 14.9 Å². The molecule has 0 saturated carbocycles. The molecule has 0 bridgehead atoms. The van der Waals surface area contributed by atoms with E-state index in [1.165, 1.54) is 43.4 Å². The number of nitrogens with zero attached hydrogens (tertiary/aromatic N) is 3. The van der Waals surface area contributed by atoms with Crippen LogP contribution in [0.25, 0.3) is 6.08 Å². The monoisotopic (exact) mass is 461 g/mol. The van der Waals surface area contributed by atoms with Gasteiger partial charge in [0.2, 0.25) is 15.9 Å². The second kappa shape index (κ2) is 9.79. The molecule has 0 radical (unpaired) electrons. The van der Waals surface area contributed by atoms with Crippen molar-refractivity contribution >= 4 is 27.7 Å². The summed E-state index contributed by atoms with van der Waals surface area (Å²) < 4.78 is 37.4. The molecule has 1 amide bonds. The fourth-order valence-corrected chi connectivity index (χ4v) is 4.92. The molecule has 1 saturated heterocycles. The number of carbonyl (C=O) groups is 1. The summed E-state index contributed by atoms with van der Waals surface area (Å²) in [5.41, 5.74) is 0.275. The molecule has 1 fully saturated rings. The van der Waals surface area contributed by atoms with E-state index in [-0.39, 0.29) is 37.0 Å². The van der Waals surface area contributed by atoms with Gasteiger partial charge in [0.15, 0.2) is 16.4 Å². The van der Waals surface area contributed by atoms with E-state index in [4.69, 9.17) is 9.47 Å². The molecule has 0 unspecified atom stereocenters. The number of hydrogen-bond acceptors (Lipinski definition) is 7. The summed E-state index contributed by atoms with van der Waals surface area (Å²) in [7, 11) is -0.990. The quantitative estimate of drug-likeness (QED) is 0.352. The Morgan fingerprint density at radius 2 is 1.69 bits per heavy atom. The Bertz CT molecular complexity index is 1140. The molecule has 2 aromatic carbocycles. The first kappa shape index (κ1) is 23.2. The van der Waals surface area contributed by atoms with Crippen molar-refractivity contribution < 1.29 is 27.6 Å². The van der Waals surface area contributed by atoms with Crippen molar-refractivity contribution in [3.63, 3.8) is 0 Å². The molecule has 2 aromatic rings. The standard InChI is InChI=1S/C21H23N3O7S/c1-30-18-9-7-16(15-19(18)31-2)8-10-21(25)22-11-13-23(14-12-22)32(28,29)20-6-4-3-5-17(20)24(26)27/h3-10,15H,11-14H2,1-2H3/b10-8+. The lowest BCUT2D eigenvalue weighted by Crippen LogP contribution is -2.50. The smallest absolute Gasteiger partial charge is 0.289 e. The molecular formula is C21H23N3O7S. The van der Waals surface area contributed by atoms with Crippen molar-refractivity contribution in [2.24, 2.45) is 0 Å². The highest BCUT2D eigenvalue weighted by Gasteiger charge is 2.34. The van der Waals surface area contributed by atoms with Gasteiger partial charge < -0.3 is 14.4 Å². The molecule has 1 aliphatic rings. The average molecular weight is 461 g/mol.